The van der Waals surface area contributed by atoms with Crippen molar-refractivity contribution in [3.8, 4) is 0 Å². The number of aliphatic hydroxyl groups is 1. The van der Waals surface area contributed by atoms with Crippen LogP contribution in [0.1, 0.15) is 5.56 Å². The summed E-state index contributed by atoms with van der Waals surface area (Å²) in [5.41, 5.74) is 0.539. The summed E-state index contributed by atoms with van der Waals surface area (Å²) in [6.07, 6.45) is 0. The number of carbonyl (C=O) groups is 2. The third-order valence-electron chi connectivity index (χ3n) is 3.65. The van der Waals surface area contributed by atoms with Crippen LogP contribution in [-0.4, -0.2) is 43.9 Å². The summed E-state index contributed by atoms with van der Waals surface area (Å²) in [7, 11) is -2.54. The summed E-state index contributed by atoms with van der Waals surface area (Å²) in [5.74, 6) is -2.81. The third kappa shape index (κ3) is 2.47. The van der Waals surface area contributed by atoms with E-state index in [1.807, 2.05) is 0 Å². The van der Waals surface area contributed by atoms with E-state index in [9.17, 15) is 23.1 Å². The van der Waals surface area contributed by atoms with Crippen LogP contribution in [0.15, 0.2) is 46.1 Å². The van der Waals surface area contributed by atoms with Crippen molar-refractivity contribution in [2.24, 2.45) is 0 Å². The first-order chi connectivity index (χ1) is 10.9. The summed E-state index contributed by atoms with van der Waals surface area (Å²) in [5, 5.41) is 10.4. The molecule has 0 unspecified atom stereocenters. The Morgan fingerprint density at radius 1 is 1.26 bits per heavy atom. The third-order valence-corrected chi connectivity index (χ3v) is 6.54. The van der Waals surface area contributed by atoms with E-state index in [4.69, 9.17) is 0 Å². The topological polar surface area (TPSA) is 97.7 Å². The molecule has 0 amide bonds. The van der Waals surface area contributed by atoms with Crippen LogP contribution in [-0.2, 0) is 24.2 Å². The van der Waals surface area contributed by atoms with Crippen LogP contribution in [0, 0.1) is 0 Å². The largest absolute Gasteiger partial charge is 0.507 e. The number of allylic oxidation sites excluding steroid dienone is 1. The van der Waals surface area contributed by atoms with E-state index in [0.29, 0.717) is 10.5 Å². The van der Waals surface area contributed by atoms with Crippen molar-refractivity contribution in [3.63, 3.8) is 0 Å². The van der Waals surface area contributed by atoms with E-state index in [1.165, 1.54) is 17.8 Å². The maximum atomic E-state index is 12.4. The monoisotopic (exact) mass is 352 g/mol. The second-order valence-electron chi connectivity index (χ2n) is 5.00. The summed E-state index contributed by atoms with van der Waals surface area (Å²) in [6.45, 7) is 0. The number of fused-ring (bicyclic) bond motifs is 2. The zero-order chi connectivity index (χ0) is 16.8. The quantitative estimate of drug-likeness (QED) is 0.636. The molecule has 6 nitrogen and oxygen atoms in total. The van der Waals surface area contributed by atoms with Gasteiger partial charge in [-0.2, -0.15) is 0 Å². The number of aliphatic hydroxyl groups excluding tert-OH is 1. The molecular formula is C15H12O6S2. The molecule has 2 aliphatic rings. The van der Waals surface area contributed by atoms with Gasteiger partial charge in [0.2, 0.25) is 0 Å². The molecule has 0 saturated heterocycles. The van der Waals surface area contributed by atoms with E-state index in [0.717, 1.165) is 7.11 Å². The number of methoxy groups -OCH3 is 1. The molecule has 120 valence electrons. The van der Waals surface area contributed by atoms with Crippen LogP contribution in [0.3, 0.4) is 0 Å². The molecule has 1 N–H and O–H groups in total. The number of ketones is 1. The van der Waals surface area contributed by atoms with Crippen molar-refractivity contribution in [1.29, 1.82) is 0 Å². The minimum atomic E-state index is -3.61. The van der Waals surface area contributed by atoms with Crippen molar-refractivity contribution < 1.29 is 27.9 Å². The van der Waals surface area contributed by atoms with Gasteiger partial charge in [-0.15, -0.1) is 11.8 Å². The van der Waals surface area contributed by atoms with Gasteiger partial charge in [-0.1, -0.05) is 18.2 Å². The molecule has 8 heteroatoms. The molecule has 23 heavy (non-hydrogen) atoms. The van der Waals surface area contributed by atoms with Gasteiger partial charge < -0.3 is 9.84 Å². The molecular weight excluding hydrogens is 340 g/mol. The van der Waals surface area contributed by atoms with Crippen LogP contribution in [0.25, 0.3) is 4.91 Å². The number of carbonyl (C=O) groups excluding carboxylic acids is 2. The summed E-state index contributed by atoms with van der Waals surface area (Å²) in [4.78, 5) is 24.2. The number of hydrogen-bond donors (Lipinski definition) is 1. The maximum Gasteiger partial charge on any atom is 0.379 e. The average Bonchev–Trinajstić information content (AvgIpc) is 2.54. The minimum absolute atomic E-state index is 0.0764. The molecule has 2 aliphatic heterocycles. The second-order valence-corrected chi connectivity index (χ2v) is 7.94. The molecule has 0 aliphatic carbocycles. The van der Waals surface area contributed by atoms with Gasteiger partial charge in [0.1, 0.15) is 5.76 Å². The molecule has 0 bridgehead atoms. The Kier molecular flexibility index (Phi) is 3.81. The summed E-state index contributed by atoms with van der Waals surface area (Å²) >= 11 is 1.23. The highest BCUT2D eigenvalue weighted by atomic mass is 32.2. The van der Waals surface area contributed by atoms with Gasteiger partial charge in [-0.05, 0) is 6.07 Å². The molecule has 0 spiro atoms. The van der Waals surface area contributed by atoms with E-state index in [-0.39, 0.29) is 21.8 Å². The predicted octanol–water partition coefficient (Wildman–Crippen LogP) is 1.49. The van der Waals surface area contributed by atoms with Gasteiger partial charge in [-0.25, -0.2) is 13.2 Å². The maximum absolute atomic E-state index is 12.4. The van der Waals surface area contributed by atoms with Gasteiger partial charge in [0.05, 0.1) is 23.3 Å². The lowest BCUT2D eigenvalue weighted by Gasteiger charge is -2.27. The van der Waals surface area contributed by atoms with Crippen molar-refractivity contribution in [3.05, 3.63) is 46.7 Å². The molecule has 1 aromatic rings. The molecule has 0 atom stereocenters. The first-order valence-electron chi connectivity index (χ1n) is 6.60. The van der Waals surface area contributed by atoms with Crippen LogP contribution in [0.4, 0.5) is 0 Å². The fraction of sp³-hybridized carbons (Fsp3) is 0.200. The number of sulfone groups is 1. The zero-order valence-electron chi connectivity index (χ0n) is 12.0. The molecule has 0 aromatic heterocycles. The number of rotatable bonds is 2. The van der Waals surface area contributed by atoms with Crippen molar-refractivity contribution >= 4 is 38.3 Å². The lowest BCUT2D eigenvalue weighted by Crippen LogP contribution is -2.26. The number of thioether (sulfide) groups is 1. The Bertz CT molecular complexity index is 892. The van der Waals surface area contributed by atoms with E-state index >= 15 is 0 Å². The Balaban J connectivity index is 2.18. The molecule has 1 aromatic carbocycles. The normalized spacial score (nSPS) is 19.0. The number of ether oxygens (including phenoxy) is 1. The standard InChI is InChI=1S/C15H12O6S2/c1-21-15(18)13(17)9-6-22-14-8-4-2-3-5-11(8)23(19,20)7-10(14)12(9)16/h2-5,16H,6-7H2,1H3. The lowest BCUT2D eigenvalue weighted by atomic mass is 10.0. The van der Waals surface area contributed by atoms with Crippen molar-refractivity contribution in [2.45, 2.75) is 4.90 Å². The first kappa shape index (κ1) is 15.8. The fourth-order valence-electron chi connectivity index (χ4n) is 2.55. The average molecular weight is 352 g/mol. The first-order valence-corrected chi connectivity index (χ1v) is 9.24. The Hall–Kier alpha value is -2.06. The number of esters is 1. The van der Waals surface area contributed by atoms with Crippen LogP contribution >= 0.6 is 11.8 Å². The minimum Gasteiger partial charge on any atom is -0.507 e. The van der Waals surface area contributed by atoms with Gasteiger partial charge >= 0.3 is 5.97 Å². The van der Waals surface area contributed by atoms with Gasteiger partial charge in [0.15, 0.2) is 9.84 Å². The second kappa shape index (κ2) is 5.54. The van der Waals surface area contributed by atoms with Crippen molar-refractivity contribution in [1.82, 2.24) is 0 Å². The number of benzene rings is 1. The highest BCUT2D eigenvalue weighted by Gasteiger charge is 2.37. The molecule has 2 heterocycles. The zero-order valence-corrected chi connectivity index (χ0v) is 13.7. The smallest absolute Gasteiger partial charge is 0.379 e. The van der Waals surface area contributed by atoms with E-state index in [1.54, 1.807) is 18.2 Å². The van der Waals surface area contributed by atoms with Crippen LogP contribution in [0.2, 0.25) is 0 Å². The Morgan fingerprint density at radius 2 is 1.96 bits per heavy atom. The number of hydrogen-bond acceptors (Lipinski definition) is 7. The Morgan fingerprint density at radius 3 is 2.65 bits per heavy atom. The van der Waals surface area contributed by atoms with Gasteiger partial charge in [0, 0.05) is 21.8 Å². The fourth-order valence-corrected chi connectivity index (χ4v) is 5.54. The van der Waals surface area contributed by atoms with E-state index in [2.05, 4.69) is 4.74 Å². The highest BCUT2D eigenvalue weighted by Crippen LogP contribution is 2.46. The van der Waals surface area contributed by atoms with Gasteiger partial charge in [-0.3, -0.25) is 4.79 Å². The SMILES string of the molecule is COC(=O)C(=O)C1=C(O)C2=C(SC1)c1ccccc1S(=O)(=O)C2. The van der Waals surface area contributed by atoms with Crippen molar-refractivity contribution in [2.75, 3.05) is 18.6 Å². The summed E-state index contributed by atoms with van der Waals surface area (Å²) < 4.78 is 29.1. The summed E-state index contributed by atoms with van der Waals surface area (Å²) in [6, 6.07) is 6.53. The highest BCUT2D eigenvalue weighted by molar-refractivity contribution is 8.08. The number of Topliss-reactive ketones (excluding diaryl/α,β-unsaturated/α-hetero) is 1. The molecule has 0 fully saturated rings. The van der Waals surface area contributed by atoms with Gasteiger partial charge in [0.25, 0.3) is 5.78 Å². The molecule has 0 saturated carbocycles. The Labute approximate surface area is 136 Å². The predicted molar refractivity (Wildman–Crippen MR) is 84.6 cm³/mol. The lowest BCUT2D eigenvalue weighted by molar-refractivity contribution is -0.149. The molecule has 3 rings (SSSR count). The van der Waals surface area contributed by atoms with E-state index < -0.39 is 33.1 Å². The molecule has 0 radical (unpaired) electrons. The van der Waals surface area contributed by atoms with Crippen LogP contribution < -0.4 is 0 Å². The van der Waals surface area contributed by atoms with Crippen LogP contribution in [0.5, 0.6) is 0 Å².